The number of amides is 1. The van der Waals surface area contributed by atoms with E-state index >= 15 is 0 Å². The Morgan fingerprint density at radius 2 is 2.12 bits per heavy atom. The van der Waals surface area contributed by atoms with E-state index < -0.39 is 9.84 Å². The average Bonchev–Trinajstić information content (AvgIpc) is 3.21. The van der Waals surface area contributed by atoms with Crippen LogP contribution in [-0.2, 0) is 16.4 Å². The highest BCUT2D eigenvalue weighted by Gasteiger charge is 2.32. The number of rotatable bonds is 5. The van der Waals surface area contributed by atoms with Crippen LogP contribution in [0.25, 0.3) is 0 Å². The minimum atomic E-state index is -3.01. The molecule has 1 saturated heterocycles. The van der Waals surface area contributed by atoms with E-state index in [0.717, 1.165) is 5.69 Å². The van der Waals surface area contributed by atoms with E-state index in [1.165, 1.54) is 16.2 Å². The highest BCUT2D eigenvalue weighted by molar-refractivity contribution is 7.91. The Morgan fingerprint density at radius 3 is 2.71 bits per heavy atom. The zero-order chi connectivity index (χ0) is 17.2. The lowest BCUT2D eigenvalue weighted by Gasteiger charge is -2.23. The van der Waals surface area contributed by atoms with Crippen molar-refractivity contribution in [3.63, 3.8) is 0 Å². The van der Waals surface area contributed by atoms with Gasteiger partial charge in [0.2, 0.25) is 0 Å². The summed E-state index contributed by atoms with van der Waals surface area (Å²) < 4.78 is 28.7. The third-order valence-corrected chi connectivity index (χ3v) is 6.43. The van der Waals surface area contributed by atoms with Gasteiger partial charge in [-0.25, -0.2) is 13.4 Å². The topological polar surface area (TPSA) is 76.6 Å². The number of carbonyl (C=O) groups is 1. The Labute approximate surface area is 145 Å². The molecule has 0 aliphatic carbocycles. The predicted octanol–water partition coefficient (Wildman–Crippen LogP) is 1.98. The lowest BCUT2D eigenvalue weighted by Crippen LogP contribution is -2.37. The Bertz CT molecular complexity index is 801. The van der Waals surface area contributed by atoms with Crippen LogP contribution in [0.4, 0.5) is 0 Å². The molecule has 1 amide bonds. The van der Waals surface area contributed by atoms with Crippen molar-refractivity contribution in [2.24, 2.45) is 0 Å². The smallest absolute Gasteiger partial charge is 0.253 e. The van der Waals surface area contributed by atoms with E-state index in [9.17, 15) is 13.2 Å². The second kappa shape index (κ2) is 6.90. The average molecular weight is 366 g/mol. The fraction of sp³-hybridized carbons (Fsp3) is 0.375. The first-order chi connectivity index (χ1) is 11.4. The highest BCUT2D eigenvalue weighted by Crippen LogP contribution is 2.20. The number of benzene rings is 1. The first-order valence-electron chi connectivity index (χ1n) is 7.52. The maximum Gasteiger partial charge on any atom is 0.253 e. The van der Waals surface area contributed by atoms with E-state index in [4.69, 9.17) is 4.74 Å². The molecule has 8 heteroatoms. The highest BCUT2D eigenvalue weighted by atomic mass is 32.2. The summed E-state index contributed by atoms with van der Waals surface area (Å²) in [6, 6.07) is 6.61. The Hall–Kier alpha value is -1.93. The van der Waals surface area contributed by atoms with E-state index in [2.05, 4.69) is 4.98 Å². The molecule has 2 heterocycles. The maximum absolute atomic E-state index is 12.5. The van der Waals surface area contributed by atoms with Gasteiger partial charge in [0.05, 0.1) is 22.7 Å². The second-order valence-corrected chi connectivity index (χ2v) is 8.71. The molecule has 0 spiro atoms. The molecular formula is C16H18N2O4S2. The fourth-order valence-electron chi connectivity index (χ4n) is 2.61. The van der Waals surface area contributed by atoms with Crippen LogP contribution >= 0.6 is 11.3 Å². The van der Waals surface area contributed by atoms with Crippen molar-refractivity contribution in [2.45, 2.75) is 19.1 Å². The molecule has 3 rings (SSSR count). The van der Waals surface area contributed by atoms with Gasteiger partial charge < -0.3 is 9.64 Å². The molecule has 0 radical (unpaired) electrons. The monoisotopic (exact) mass is 366 g/mol. The first kappa shape index (κ1) is 16.9. The molecule has 6 nitrogen and oxygen atoms in total. The van der Waals surface area contributed by atoms with Crippen molar-refractivity contribution in [1.29, 1.82) is 0 Å². The Morgan fingerprint density at radius 1 is 1.38 bits per heavy atom. The number of nitrogens with zero attached hydrogens (tertiary/aromatic N) is 2. The van der Waals surface area contributed by atoms with Crippen molar-refractivity contribution < 1.29 is 17.9 Å². The summed E-state index contributed by atoms with van der Waals surface area (Å²) >= 11 is 1.51. The number of hydrogen-bond donors (Lipinski definition) is 0. The summed E-state index contributed by atoms with van der Waals surface area (Å²) in [6.07, 6.45) is 0.499. The van der Waals surface area contributed by atoms with Gasteiger partial charge >= 0.3 is 0 Å². The van der Waals surface area contributed by atoms with Crippen LogP contribution in [0, 0.1) is 0 Å². The predicted molar refractivity (Wildman–Crippen MR) is 92.0 cm³/mol. The van der Waals surface area contributed by atoms with Crippen LogP contribution in [0.1, 0.15) is 22.5 Å². The minimum Gasteiger partial charge on any atom is -0.487 e. The molecule has 0 saturated carbocycles. The number of aromatic nitrogens is 1. The van der Waals surface area contributed by atoms with E-state index in [1.807, 2.05) is 5.38 Å². The van der Waals surface area contributed by atoms with Crippen molar-refractivity contribution in [2.75, 3.05) is 18.6 Å². The zero-order valence-corrected chi connectivity index (χ0v) is 14.8. The first-order valence-corrected chi connectivity index (χ1v) is 10.3. The molecule has 24 heavy (non-hydrogen) atoms. The van der Waals surface area contributed by atoms with Crippen LogP contribution < -0.4 is 4.74 Å². The minimum absolute atomic E-state index is 0.0457. The molecule has 0 N–H and O–H groups in total. The molecule has 1 aromatic heterocycles. The van der Waals surface area contributed by atoms with Gasteiger partial charge in [-0.2, -0.15) is 0 Å². The second-order valence-electron chi connectivity index (χ2n) is 5.77. The lowest BCUT2D eigenvalue weighted by molar-refractivity contribution is 0.0747. The van der Waals surface area contributed by atoms with Gasteiger partial charge in [-0.05, 0) is 30.7 Å². The molecule has 1 aromatic carbocycles. The molecular weight excluding hydrogens is 348 g/mol. The molecule has 1 aliphatic heterocycles. The van der Waals surface area contributed by atoms with Gasteiger partial charge in [-0.15, -0.1) is 11.3 Å². The number of carbonyl (C=O) groups excluding carboxylic acids is 1. The number of ether oxygens (including phenoxy) is 1. The summed E-state index contributed by atoms with van der Waals surface area (Å²) in [7, 11) is -1.36. The summed E-state index contributed by atoms with van der Waals surface area (Å²) in [5.74, 6) is 0.678. The fourth-order valence-corrected chi connectivity index (χ4v) is 4.93. The van der Waals surface area contributed by atoms with Crippen molar-refractivity contribution in [3.05, 3.63) is 46.4 Å². The molecule has 1 aliphatic rings. The van der Waals surface area contributed by atoms with Crippen LogP contribution in [-0.4, -0.2) is 48.8 Å². The summed E-state index contributed by atoms with van der Waals surface area (Å²) in [6.45, 7) is 0.386. The molecule has 0 unspecified atom stereocenters. The largest absolute Gasteiger partial charge is 0.487 e. The van der Waals surface area contributed by atoms with E-state index in [0.29, 0.717) is 24.3 Å². The molecule has 0 bridgehead atoms. The molecule has 2 aromatic rings. The Kier molecular flexibility index (Phi) is 4.86. The summed E-state index contributed by atoms with van der Waals surface area (Å²) in [4.78, 5) is 18.1. The lowest BCUT2D eigenvalue weighted by atomic mass is 10.1. The summed E-state index contributed by atoms with van der Waals surface area (Å²) in [5.41, 5.74) is 3.13. The quantitative estimate of drug-likeness (QED) is 0.809. The Balaban J connectivity index is 1.61. The van der Waals surface area contributed by atoms with Gasteiger partial charge in [-0.3, -0.25) is 4.79 Å². The third-order valence-electron chi connectivity index (χ3n) is 4.05. The van der Waals surface area contributed by atoms with Crippen LogP contribution in [0.2, 0.25) is 0 Å². The number of sulfone groups is 1. The molecule has 1 atom stereocenters. The molecule has 128 valence electrons. The van der Waals surface area contributed by atoms with Crippen molar-refractivity contribution >= 4 is 27.1 Å². The SMILES string of the molecule is CN(C(=O)c1ccc(OCc2cscn2)cc1)[C@H]1CCS(=O)(=O)C1. The van der Waals surface area contributed by atoms with Crippen LogP contribution in [0.5, 0.6) is 5.75 Å². The van der Waals surface area contributed by atoms with Gasteiger partial charge in [0, 0.05) is 24.0 Å². The maximum atomic E-state index is 12.5. The van der Waals surface area contributed by atoms with Gasteiger partial charge in [0.25, 0.3) is 5.91 Å². The normalized spacial score (nSPS) is 19.1. The zero-order valence-electron chi connectivity index (χ0n) is 13.2. The van der Waals surface area contributed by atoms with E-state index in [1.54, 1.807) is 36.8 Å². The van der Waals surface area contributed by atoms with Crippen LogP contribution in [0.3, 0.4) is 0 Å². The van der Waals surface area contributed by atoms with Crippen molar-refractivity contribution in [3.8, 4) is 5.75 Å². The van der Waals surface area contributed by atoms with Gasteiger partial charge in [-0.1, -0.05) is 0 Å². The third kappa shape index (κ3) is 3.93. The molecule has 1 fully saturated rings. The number of hydrogen-bond acceptors (Lipinski definition) is 6. The van der Waals surface area contributed by atoms with Crippen molar-refractivity contribution in [1.82, 2.24) is 9.88 Å². The van der Waals surface area contributed by atoms with Gasteiger partial charge in [0.15, 0.2) is 9.84 Å². The van der Waals surface area contributed by atoms with Gasteiger partial charge in [0.1, 0.15) is 12.4 Å². The standard InChI is InChI=1S/C16H18N2O4S2/c1-18(14-6-7-24(20,21)10-14)16(19)12-2-4-15(5-3-12)22-8-13-9-23-11-17-13/h2-5,9,11,14H,6-8,10H2,1H3/t14-/m0/s1. The summed E-state index contributed by atoms with van der Waals surface area (Å²) in [5, 5.41) is 1.92. The van der Waals surface area contributed by atoms with Crippen LogP contribution in [0.15, 0.2) is 35.2 Å². The number of thiazole rings is 1. The van der Waals surface area contributed by atoms with E-state index in [-0.39, 0.29) is 23.5 Å².